The van der Waals surface area contributed by atoms with Gasteiger partial charge >= 0.3 is 0 Å². The number of ketones is 1. The van der Waals surface area contributed by atoms with E-state index < -0.39 is 5.60 Å². The fourth-order valence-corrected chi connectivity index (χ4v) is 1.22. The van der Waals surface area contributed by atoms with E-state index in [4.69, 9.17) is 0 Å². The highest BCUT2D eigenvalue weighted by molar-refractivity contribution is 5.96. The van der Waals surface area contributed by atoms with Crippen molar-refractivity contribution in [3.8, 4) is 0 Å². The summed E-state index contributed by atoms with van der Waals surface area (Å²) in [5, 5.41) is 9.80. The van der Waals surface area contributed by atoms with Gasteiger partial charge < -0.3 is 5.11 Å². The summed E-state index contributed by atoms with van der Waals surface area (Å²) in [7, 11) is 0. The van der Waals surface area contributed by atoms with Gasteiger partial charge in [0, 0.05) is 6.42 Å². The molecule has 2 nitrogen and oxygen atoms in total. The van der Waals surface area contributed by atoms with Crippen molar-refractivity contribution >= 4 is 5.78 Å². The third-order valence-corrected chi connectivity index (χ3v) is 2.02. The fraction of sp³-hybridized carbons (Fsp3) is 0.250. The Bertz CT molecular complexity index is 325. The lowest BCUT2D eigenvalue weighted by molar-refractivity contribution is -0.130. The van der Waals surface area contributed by atoms with Crippen molar-refractivity contribution in [1.82, 2.24) is 0 Å². The van der Waals surface area contributed by atoms with Crippen molar-refractivity contribution in [2.75, 3.05) is 0 Å². The van der Waals surface area contributed by atoms with E-state index >= 15 is 0 Å². The van der Waals surface area contributed by atoms with Crippen LogP contribution in [0, 0.1) is 6.07 Å². The maximum absolute atomic E-state index is 11.3. The minimum atomic E-state index is -1.38. The smallest absolute Gasteiger partial charge is 0.186 e. The zero-order valence-corrected chi connectivity index (χ0v) is 8.16. The van der Waals surface area contributed by atoms with Crippen LogP contribution < -0.4 is 0 Å². The molecule has 1 aromatic rings. The van der Waals surface area contributed by atoms with E-state index in [2.05, 4.69) is 12.6 Å². The molecule has 0 saturated carbocycles. The summed E-state index contributed by atoms with van der Waals surface area (Å²) in [6.45, 7) is 4.83. The van der Waals surface area contributed by atoms with Gasteiger partial charge in [0.15, 0.2) is 5.78 Å². The van der Waals surface area contributed by atoms with Crippen LogP contribution in [-0.2, 0) is 11.2 Å². The Morgan fingerprint density at radius 2 is 2.43 bits per heavy atom. The molecule has 0 spiro atoms. The molecule has 2 heteroatoms. The third kappa shape index (κ3) is 2.54. The standard InChI is InChI=1S/C12H13O2/c1-3-11(13)12(2,14)9-10-7-5-4-6-8-10/h3-7,14H,1,9H2,2H3. The Balaban J connectivity index is 2.78. The van der Waals surface area contributed by atoms with E-state index in [9.17, 15) is 9.90 Å². The van der Waals surface area contributed by atoms with Crippen LogP contribution in [0.3, 0.4) is 0 Å². The summed E-state index contributed by atoms with van der Waals surface area (Å²) in [6, 6.07) is 10.2. The van der Waals surface area contributed by atoms with Crippen LogP contribution in [-0.4, -0.2) is 16.5 Å². The molecule has 0 saturated heterocycles. The van der Waals surface area contributed by atoms with E-state index in [0.717, 1.165) is 11.6 Å². The average Bonchev–Trinajstić information content (AvgIpc) is 2.17. The molecule has 14 heavy (non-hydrogen) atoms. The van der Waals surface area contributed by atoms with Gasteiger partial charge in [-0.3, -0.25) is 4.79 Å². The third-order valence-electron chi connectivity index (χ3n) is 2.02. The number of benzene rings is 1. The van der Waals surface area contributed by atoms with Crippen LogP contribution in [0.1, 0.15) is 12.5 Å². The van der Waals surface area contributed by atoms with E-state index in [0.29, 0.717) is 0 Å². The zero-order chi connectivity index (χ0) is 10.6. The molecule has 0 heterocycles. The largest absolute Gasteiger partial charge is 0.382 e. The number of hydrogen-bond donors (Lipinski definition) is 1. The molecule has 0 aliphatic heterocycles. The first-order valence-corrected chi connectivity index (χ1v) is 4.41. The first-order valence-electron chi connectivity index (χ1n) is 4.41. The lowest BCUT2D eigenvalue weighted by Gasteiger charge is -2.19. The van der Waals surface area contributed by atoms with Gasteiger partial charge in [0.05, 0.1) is 0 Å². The van der Waals surface area contributed by atoms with E-state index in [1.165, 1.54) is 6.92 Å². The van der Waals surface area contributed by atoms with Crippen molar-refractivity contribution in [2.45, 2.75) is 18.9 Å². The van der Waals surface area contributed by atoms with Gasteiger partial charge in [0.25, 0.3) is 0 Å². The Hall–Kier alpha value is -1.41. The van der Waals surface area contributed by atoms with Crippen molar-refractivity contribution < 1.29 is 9.90 Å². The molecule has 1 N–H and O–H groups in total. The lowest BCUT2D eigenvalue weighted by atomic mass is 9.92. The molecular weight excluding hydrogens is 176 g/mol. The normalized spacial score (nSPS) is 14.4. The molecule has 0 amide bonds. The first-order chi connectivity index (χ1) is 6.56. The second-order valence-electron chi connectivity index (χ2n) is 3.41. The van der Waals surface area contributed by atoms with E-state index in [1.54, 1.807) is 6.07 Å². The second-order valence-corrected chi connectivity index (χ2v) is 3.41. The predicted molar refractivity (Wildman–Crippen MR) is 54.8 cm³/mol. The van der Waals surface area contributed by atoms with Gasteiger partial charge in [-0.1, -0.05) is 30.8 Å². The molecule has 1 aromatic carbocycles. The highest BCUT2D eigenvalue weighted by Gasteiger charge is 2.27. The number of rotatable bonds is 4. The molecule has 1 radical (unpaired) electrons. The average molecular weight is 189 g/mol. The minimum Gasteiger partial charge on any atom is -0.382 e. The van der Waals surface area contributed by atoms with Crippen molar-refractivity contribution in [3.63, 3.8) is 0 Å². The summed E-state index contributed by atoms with van der Waals surface area (Å²) in [5.74, 6) is -0.366. The molecular formula is C12H13O2. The van der Waals surface area contributed by atoms with Crippen LogP contribution in [0.5, 0.6) is 0 Å². The molecule has 73 valence electrons. The molecule has 0 fully saturated rings. The summed E-state index contributed by atoms with van der Waals surface area (Å²) >= 11 is 0. The summed E-state index contributed by atoms with van der Waals surface area (Å²) in [4.78, 5) is 11.3. The maximum atomic E-state index is 11.3. The first kappa shape index (κ1) is 10.7. The SMILES string of the molecule is C=CC(=O)C(C)(O)Cc1[c]cccc1. The number of carbonyl (C=O) groups is 1. The number of hydrogen-bond acceptors (Lipinski definition) is 2. The van der Waals surface area contributed by atoms with Crippen molar-refractivity contribution in [3.05, 3.63) is 48.6 Å². The van der Waals surface area contributed by atoms with Gasteiger partial charge in [0.1, 0.15) is 5.60 Å². The quantitative estimate of drug-likeness (QED) is 0.729. The lowest BCUT2D eigenvalue weighted by Crippen LogP contribution is -2.36. The van der Waals surface area contributed by atoms with Gasteiger partial charge in [-0.05, 0) is 24.6 Å². The molecule has 1 unspecified atom stereocenters. The molecule has 0 aliphatic rings. The Morgan fingerprint density at radius 3 is 2.93 bits per heavy atom. The van der Waals surface area contributed by atoms with Gasteiger partial charge in [-0.15, -0.1) is 0 Å². The number of carbonyl (C=O) groups excluding carboxylic acids is 1. The summed E-state index contributed by atoms with van der Waals surface area (Å²) in [5.41, 5.74) is -0.563. The van der Waals surface area contributed by atoms with Gasteiger partial charge in [0.2, 0.25) is 0 Å². The van der Waals surface area contributed by atoms with Gasteiger partial charge in [-0.25, -0.2) is 0 Å². The molecule has 0 aromatic heterocycles. The Morgan fingerprint density at radius 1 is 1.71 bits per heavy atom. The topological polar surface area (TPSA) is 37.3 Å². The summed E-state index contributed by atoms with van der Waals surface area (Å²) < 4.78 is 0. The Labute approximate surface area is 83.9 Å². The highest BCUT2D eigenvalue weighted by atomic mass is 16.3. The van der Waals surface area contributed by atoms with Crippen molar-refractivity contribution in [2.24, 2.45) is 0 Å². The monoisotopic (exact) mass is 189 g/mol. The molecule has 0 bridgehead atoms. The predicted octanol–water partition coefficient (Wildman–Crippen LogP) is 1.54. The zero-order valence-electron chi connectivity index (χ0n) is 8.16. The van der Waals surface area contributed by atoms with Crippen LogP contribution in [0.2, 0.25) is 0 Å². The van der Waals surface area contributed by atoms with Crippen LogP contribution in [0.15, 0.2) is 36.9 Å². The van der Waals surface area contributed by atoms with Crippen LogP contribution in [0.25, 0.3) is 0 Å². The number of aliphatic hydroxyl groups is 1. The summed E-state index contributed by atoms with van der Waals surface area (Å²) in [6.07, 6.45) is 1.40. The molecule has 0 aliphatic carbocycles. The Kier molecular flexibility index (Phi) is 3.20. The maximum Gasteiger partial charge on any atom is 0.186 e. The minimum absolute atomic E-state index is 0.263. The fourth-order valence-electron chi connectivity index (χ4n) is 1.22. The van der Waals surface area contributed by atoms with E-state index in [1.807, 2.05) is 18.2 Å². The van der Waals surface area contributed by atoms with Crippen molar-refractivity contribution in [1.29, 1.82) is 0 Å². The highest BCUT2D eigenvalue weighted by Crippen LogP contribution is 2.13. The van der Waals surface area contributed by atoms with Gasteiger partial charge in [-0.2, -0.15) is 0 Å². The molecule has 1 atom stereocenters. The second kappa shape index (κ2) is 4.20. The van der Waals surface area contributed by atoms with Crippen LogP contribution in [0.4, 0.5) is 0 Å². The molecule has 1 rings (SSSR count). The van der Waals surface area contributed by atoms with Crippen LogP contribution >= 0.6 is 0 Å². The van der Waals surface area contributed by atoms with E-state index in [-0.39, 0.29) is 12.2 Å².